The Morgan fingerprint density at radius 3 is 1.66 bits per heavy atom. The molecule has 2 fully saturated rings. The Morgan fingerprint density at radius 2 is 1.20 bits per heavy atom. The Morgan fingerprint density at radius 1 is 0.750 bits per heavy atom. The maximum atomic E-state index is 13.2. The van der Waals surface area contributed by atoms with Crippen LogP contribution in [0.2, 0.25) is 10.0 Å². The molecular formula is C30H39Cl2F2N5O5. The van der Waals surface area contributed by atoms with Gasteiger partial charge in [-0.3, -0.25) is 19.8 Å². The van der Waals surface area contributed by atoms with E-state index in [9.17, 15) is 23.2 Å². The van der Waals surface area contributed by atoms with Gasteiger partial charge in [0, 0.05) is 26.2 Å². The number of carbonyl (C=O) groups excluding carboxylic acids is 3. The molecule has 0 aromatic heterocycles. The second kappa shape index (κ2) is 14.5. The normalized spacial score (nSPS) is 15.1. The standard InChI is InChI=1S/C16H21ClFN3O3.C14H18ClFN2O2/c1-16(2,3)24-15(23)19-10-14(22)21-8-4-7-20(21)13-6-5-11(18)9-12(13)17;1-14(2,3)20-13(19)18-8-4-7-17(18)12-6-5-10(16)9-11(12)15/h5-6,9H,4,7-8,10H2,1-3H3,(H,19,23);5-6,9H,4,7-8H2,1-3H3. The molecule has 0 spiro atoms. The predicted octanol–water partition coefficient (Wildman–Crippen LogP) is 6.80. The minimum atomic E-state index is -0.651. The van der Waals surface area contributed by atoms with E-state index in [4.69, 9.17) is 32.7 Å². The maximum absolute atomic E-state index is 13.2. The summed E-state index contributed by atoms with van der Waals surface area (Å²) >= 11 is 12.1. The van der Waals surface area contributed by atoms with Crippen molar-refractivity contribution in [1.82, 2.24) is 15.3 Å². The van der Waals surface area contributed by atoms with Gasteiger partial charge in [-0.15, -0.1) is 0 Å². The van der Waals surface area contributed by atoms with E-state index in [1.807, 2.05) is 20.8 Å². The van der Waals surface area contributed by atoms with Crippen molar-refractivity contribution < 1.29 is 32.6 Å². The number of anilines is 2. The first-order chi connectivity index (χ1) is 20.4. The molecule has 1 N–H and O–H groups in total. The number of rotatable bonds is 4. The van der Waals surface area contributed by atoms with Crippen LogP contribution in [0.5, 0.6) is 0 Å². The van der Waals surface area contributed by atoms with Crippen LogP contribution in [0.1, 0.15) is 54.4 Å². The molecule has 2 saturated heterocycles. The Hall–Kier alpha value is -3.51. The van der Waals surface area contributed by atoms with Gasteiger partial charge in [-0.1, -0.05) is 23.2 Å². The summed E-state index contributed by atoms with van der Waals surface area (Å²) in [5.41, 5.74) is -0.0237. The van der Waals surface area contributed by atoms with E-state index in [0.29, 0.717) is 37.6 Å². The number of hydrogen-bond acceptors (Lipinski definition) is 7. The summed E-state index contributed by atoms with van der Waals surface area (Å²) in [5.74, 6) is -1.13. The summed E-state index contributed by atoms with van der Waals surface area (Å²) in [7, 11) is 0. The van der Waals surface area contributed by atoms with Crippen LogP contribution in [0.4, 0.5) is 29.7 Å². The first-order valence-corrected chi connectivity index (χ1v) is 14.9. The van der Waals surface area contributed by atoms with Crippen LogP contribution in [0.25, 0.3) is 0 Å². The lowest BCUT2D eigenvalue weighted by molar-refractivity contribution is -0.129. The van der Waals surface area contributed by atoms with Crippen molar-refractivity contribution in [3.63, 3.8) is 0 Å². The predicted molar refractivity (Wildman–Crippen MR) is 166 cm³/mol. The topological polar surface area (TPSA) is 94.7 Å². The van der Waals surface area contributed by atoms with Gasteiger partial charge in [0.2, 0.25) is 0 Å². The molecule has 44 heavy (non-hydrogen) atoms. The zero-order valence-electron chi connectivity index (χ0n) is 25.8. The van der Waals surface area contributed by atoms with Crippen molar-refractivity contribution >= 4 is 52.7 Å². The summed E-state index contributed by atoms with van der Waals surface area (Å²) in [6.45, 7) is 12.8. The average molecular weight is 659 g/mol. The van der Waals surface area contributed by atoms with Crippen LogP contribution in [-0.4, -0.2) is 72.0 Å². The molecule has 4 rings (SSSR count). The average Bonchev–Trinajstić information content (AvgIpc) is 3.56. The highest BCUT2D eigenvalue weighted by atomic mass is 35.5. The van der Waals surface area contributed by atoms with Gasteiger partial charge in [0.1, 0.15) is 29.4 Å². The molecular weight excluding hydrogens is 619 g/mol. The number of halogens is 4. The highest BCUT2D eigenvalue weighted by Gasteiger charge is 2.32. The number of hydrazine groups is 2. The molecule has 10 nitrogen and oxygen atoms in total. The number of benzene rings is 2. The van der Waals surface area contributed by atoms with E-state index in [1.165, 1.54) is 40.3 Å². The van der Waals surface area contributed by atoms with Crippen molar-refractivity contribution in [2.75, 3.05) is 42.7 Å². The van der Waals surface area contributed by atoms with E-state index in [0.717, 1.165) is 12.8 Å². The molecule has 2 aliphatic heterocycles. The minimum Gasteiger partial charge on any atom is -0.444 e. The monoisotopic (exact) mass is 657 g/mol. The smallest absolute Gasteiger partial charge is 0.429 e. The van der Waals surface area contributed by atoms with E-state index in [1.54, 1.807) is 36.9 Å². The lowest BCUT2D eigenvalue weighted by Crippen LogP contribution is -2.47. The lowest BCUT2D eigenvalue weighted by atomic mass is 10.2. The second-order valence-corrected chi connectivity index (χ2v) is 12.9. The van der Waals surface area contributed by atoms with Gasteiger partial charge in [0.15, 0.2) is 0 Å². The highest BCUT2D eigenvalue weighted by molar-refractivity contribution is 6.33. The van der Waals surface area contributed by atoms with Gasteiger partial charge < -0.3 is 14.8 Å². The Bertz CT molecular complexity index is 1350. The Kier molecular flexibility index (Phi) is 11.5. The van der Waals surface area contributed by atoms with Gasteiger partial charge in [0.25, 0.3) is 5.91 Å². The van der Waals surface area contributed by atoms with E-state index in [2.05, 4.69) is 5.32 Å². The Labute approximate surface area is 266 Å². The fourth-order valence-corrected chi connectivity index (χ4v) is 4.95. The van der Waals surface area contributed by atoms with Crippen molar-refractivity contribution in [3.8, 4) is 0 Å². The van der Waals surface area contributed by atoms with Crippen molar-refractivity contribution in [2.24, 2.45) is 0 Å². The van der Waals surface area contributed by atoms with E-state index >= 15 is 0 Å². The number of amides is 3. The number of nitrogens with zero attached hydrogens (tertiary/aromatic N) is 4. The number of nitrogens with one attached hydrogen (secondary N) is 1. The first kappa shape index (κ1) is 35.0. The zero-order chi connectivity index (χ0) is 32.8. The van der Waals surface area contributed by atoms with E-state index < -0.39 is 35.0 Å². The molecule has 0 radical (unpaired) electrons. The van der Waals surface area contributed by atoms with E-state index in [-0.39, 0.29) is 22.5 Å². The molecule has 2 heterocycles. The number of hydrogen-bond donors (Lipinski definition) is 1. The molecule has 3 amide bonds. The molecule has 14 heteroatoms. The second-order valence-electron chi connectivity index (χ2n) is 12.1. The number of ether oxygens (including phenoxy) is 2. The maximum Gasteiger partial charge on any atom is 0.429 e. The molecule has 2 aliphatic rings. The van der Waals surface area contributed by atoms with Gasteiger partial charge in [0.05, 0.1) is 21.4 Å². The van der Waals surface area contributed by atoms with Gasteiger partial charge in [-0.2, -0.15) is 0 Å². The molecule has 0 aliphatic carbocycles. The quantitative estimate of drug-likeness (QED) is 0.386. The third-order valence-electron chi connectivity index (χ3n) is 6.11. The molecule has 242 valence electrons. The summed E-state index contributed by atoms with van der Waals surface area (Å²) in [6, 6.07) is 8.16. The summed E-state index contributed by atoms with van der Waals surface area (Å²) in [5, 5.41) is 9.38. The third kappa shape index (κ3) is 10.0. The molecule has 0 unspecified atom stereocenters. The van der Waals surface area contributed by atoms with Crippen LogP contribution in [-0.2, 0) is 14.3 Å². The SMILES string of the molecule is CC(C)(C)OC(=O)N1CCCN1c1ccc(F)cc1Cl.CC(C)(C)OC(=O)NCC(=O)N1CCCN1c1ccc(F)cc1Cl. The third-order valence-corrected chi connectivity index (χ3v) is 6.72. The van der Waals surface area contributed by atoms with Crippen LogP contribution in [0.15, 0.2) is 36.4 Å². The molecule has 0 saturated carbocycles. The van der Waals surface area contributed by atoms with Gasteiger partial charge in [-0.25, -0.2) is 23.4 Å². The van der Waals surface area contributed by atoms with Crippen molar-refractivity contribution in [3.05, 3.63) is 58.1 Å². The summed E-state index contributed by atoms with van der Waals surface area (Å²) < 4.78 is 36.8. The largest absolute Gasteiger partial charge is 0.444 e. The molecule has 2 aromatic carbocycles. The summed E-state index contributed by atoms with van der Waals surface area (Å²) in [4.78, 5) is 36.2. The van der Waals surface area contributed by atoms with Crippen molar-refractivity contribution in [2.45, 2.75) is 65.6 Å². The minimum absolute atomic E-state index is 0.190. The van der Waals surface area contributed by atoms with Gasteiger partial charge in [-0.05, 0) is 90.8 Å². The first-order valence-electron chi connectivity index (χ1n) is 14.2. The Balaban J connectivity index is 0.000000244. The van der Waals surface area contributed by atoms with Crippen LogP contribution in [0.3, 0.4) is 0 Å². The fourth-order valence-electron chi connectivity index (χ4n) is 4.42. The fraction of sp³-hybridized carbons (Fsp3) is 0.500. The zero-order valence-corrected chi connectivity index (χ0v) is 27.3. The van der Waals surface area contributed by atoms with Crippen LogP contribution in [0, 0.1) is 11.6 Å². The number of carbonyl (C=O) groups is 3. The summed E-state index contributed by atoms with van der Waals surface area (Å²) in [6.07, 6.45) is 0.496. The van der Waals surface area contributed by atoms with Crippen molar-refractivity contribution in [1.29, 1.82) is 0 Å². The lowest BCUT2D eigenvalue weighted by Gasteiger charge is -2.32. The van der Waals surface area contributed by atoms with Crippen LogP contribution < -0.4 is 15.3 Å². The number of alkyl carbamates (subject to hydrolysis) is 1. The molecule has 0 bridgehead atoms. The molecule has 2 aromatic rings. The highest BCUT2D eigenvalue weighted by Crippen LogP contribution is 2.32. The van der Waals surface area contributed by atoms with Gasteiger partial charge >= 0.3 is 12.2 Å². The van der Waals surface area contributed by atoms with Crippen LogP contribution >= 0.6 is 23.2 Å². The molecule has 0 atom stereocenters.